The molecule has 0 saturated heterocycles. The first-order chi connectivity index (χ1) is 9.38. The second-order valence-electron chi connectivity index (χ2n) is 4.23. The van der Waals surface area contributed by atoms with Gasteiger partial charge in [-0.15, -0.1) is 0 Å². The Kier molecular flexibility index (Phi) is 5.42. The first-order valence-electron chi connectivity index (χ1n) is 5.84. The third kappa shape index (κ3) is 3.90. The molecule has 106 valence electrons. The number of hydrogen-bond donors (Lipinski definition) is 1. The molecule has 0 heterocycles. The molecule has 0 radical (unpaired) electrons. The highest BCUT2D eigenvalue weighted by molar-refractivity contribution is 6.32. The molecule has 0 aliphatic carbocycles. The molecule has 0 unspecified atom stereocenters. The molecule has 5 nitrogen and oxygen atoms in total. The van der Waals surface area contributed by atoms with Crippen LogP contribution in [0, 0.1) is 11.3 Å². The molecule has 1 rings (SSSR count). The summed E-state index contributed by atoms with van der Waals surface area (Å²) in [5.74, 6) is 0.0307. The van der Waals surface area contributed by atoms with Crippen LogP contribution in [-0.2, 0) is 4.79 Å². The Labute approximate surface area is 122 Å². The average molecular weight is 295 g/mol. The normalized spacial score (nSPS) is 11.1. The summed E-state index contributed by atoms with van der Waals surface area (Å²) in [5, 5.41) is 9.14. The summed E-state index contributed by atoms with van der Waals surface area (Å²) in [6.45, 7) is 3.73. The summed E-state index contributed by atoms with van der Waals surface area (Å²) in [6.07, 6.45) is 1.28. The van der Waals surface area contributed by atoms with Gasteiger partial charge in [-0.2, -0.15) is 5.26 Å². The third-order valence-electron chi connectivity index (χ3n) is 2.30. The van der Waals surface area contributed by atoms with Crippen LogP contribution >= 0.6 is 11.6 Å². The summed E-state index contributed by atoms with van der Waals surface area (Å²) in [5.41, 5.74) is 5.44. The van der Waals surface area contributed by atoms with Crippen molar-refractivity contribution in [2.45, 2.75) is 20.0 Å². The highest BCUT2D eigenvalue weighted by atomic mass is 35.5. The number of methoxy groups -OCH3 is 1. The summed E-state index contributed by atoms with van der Waals surface area (Å²) in [6, 6.07) is 4.91. The number of hydrogen-bond acceptors (Lipinski definition) is 4. The molecule has 0 aliphatic rings. The number of carbonyl (C=O) groups excluding carboxylic acids is 1. The van der Waals surface area contributed by atoms with Crippen LogP contribution in [0.5, 0.6) is 11.5 Å². The lowest BCUT2D eigenvalue weighted by Crippen LogP contribution is -2.12. The van der Waals surface area contributed by atoms with Crippen LogP contribution < -0.4 is 15.2 Å². The lowest BCUT2D eigenvalue weighted by atomic mass is 10.1. The van der Waals surface area contributed by atoms with Crippen molar-refractivity contribution in [2.24, 2.45) is 5.73 Å². The molecule has 1 aromatic rings. The van der Waals surface area contributed by atoms with E-state index in [1.807, 2.05) is 13.8 Å². The molecule has 0 aliphatic heterocycles. The number of amides is 1. The van der Waals surface area contributed by atoms with Gasteiger partial charge in [-0.05, 0) is 37.6 Å². The second kappa shape index (κ2) is 6.83. The van der Waals surface area contributed by atoms with E-state index in [1.165, 1.54) is 13.2 Å². The number of halogens is 1. The second-order valence-corrected chi connectivity index (χ2v) is 4.64. The van der Waals surface area contributed by atoms with Gasteiger partial charge in [0.05, 0.1) is 18.2 Å². The van der Waals surface area contributed by atoms with Gasteiger partial charge in [-0.1, -0.05) is 11.6 Å². The van der Waals surface area contributed by atoms with Gasteiger partial charge >= 0.3 is 0 Å². The van der Waals surface area contributed by atoms with E-state index in [2.05, 4.69) is 0 Å². The molecule has 20 heavy (non-hydrogen) atoms. The maximum atomic E-state index is 11.0. The van der Waals surface area contributed by atoms with Crippen LogP contribution in [0.1, 0.15) is 19.4 Å². The van der Waals surface area contributed by atoms with E-state index in [0.29, 0.717) is 22.1 Å². The number of primary amides is 1. The van der Waals surface area contributed by atoms with Gasteiger partial charge in [0.2, 0.25) is 0 Å². The fourth-order valence-electron chi connectivity index (χ4n) is 1.50. The minimum Gasteiger partial charge on any atom is -0.493 e. The van der Waals surface area contributed by atoms with Gasteiger partial charge in [0.15, 0.2) is 11.5 Å². The first kappa shape index (κ1) is 15.9. The van der Waals surface area contributed by atoms with E-state index < -0.39 is 5.91 Å². The number of ether oxygens (including phenoxy) is 2. The van der Waals surface area contributed by atoms with E-state index in [-0.39, 0.29) is 11.7 Å². The molecule has 0 saturated carbocycles. The van der Waals surface area contributed by atoms with Crippen molar-refractivity contribution in [3.8, 4) is 17.6 Å². The highest BCUT2D eigenvalue weighted by Crippen LogP contribution is 2.37. The fourth-order valence-corrected chi connectivity index (χ4v) is 1.76. The number of nitrogens with two attached hydrogens (primary N) is 1. The molecular weight excluding hydrogens is 280 g/mol. The molecule has 0 fully saturated rings. The fraction of sp³-hybridized carbons (Fsp3) is 0.286. The predicted molar refractivity (Wildman–Crippen MR) is 76.6 cm³/mol. The Morgan fingerprint density at radius 1 is 1.50 bits per heavy atom. The molecule has 6 heteroatoms. The van der Waals surface area contributed by atoms with Gasteiger partial charge in [0.25, 0.3) is 5.91 Å². The van der Waals surface area contributed by atoms with Crippen molar-refractivity contribution >= 4 is 23.6 Å². The van der Waals surface area contributed by atoms with Crippen LogP contribution in [0.4, 0.5) is 0 Å². The summed E-state index contributed by atoms with van der Waals surface area (Å²) >= 11 is 6.13. The van der Waals surface area contributed by atoms with Gasteiger partial charge in [-0.25, -0.2) is 0 Å². The standard InChI is InChI=1S/C14H15ClN2O3/c1-8(2)20-13-11(15)5-9(6-12(13)19-3)4-10(7-16)14(17)18/h4-6,8H,1-3H3,(H2,17,18). The van der Waals surface area contributed by atoms with Crippen LogP contribution in [0.3, 0.4) is 0 Å². The molecule has 0 spiro atoms. The van der Waals surface area contributed by atoms with E-state index in [9.17, 15) is 4.79 Å². The van der Waals surface area contributed by atoms with Crippen LogP contribution in [-0.4, -0.2) is 19.1 Å². The first-order valence-corrected chi connectivity index (χ1v) is 6.22. The Morgan fingerprint density at radius 2 is 2.15 bits per heavy atom. The van der Waals surface area contributed by atoms with Gasteiger partial charge < -0.3 is 15.2 Å². The zero-order valence-electron chi connectivity index (χ0n) is 11.4. The van der Waals surface area contributed by atoms with Crippen molar-refractivity contribution < 1.29 is 14.3 Å². The third-order valence-corrected chi connectivity index (χ3v) is 2.58. The van der Waals surface area contributed by atoms with Gasteiger partial charge in [-0.3, -0.25) is 4.79 Å². The van der Waals surface area contributed by atoms with Gasteiger partial charge in [0, 0.05) is 0 Å². The molecule has 0 bridgehead atoms. The molecule has 0 aromatic heterocycles. The minimum atomic E-state index is -0.801. The number of nitriles is 1. The summed E-state index contributed by atoms with van der Waals surface area (Å²) in [4.78, 5) is 11.0. The predicted octanol–water partition coefficient (Wildman–Crippen LogP) is 2.53. The van der Waals surface area contributed by atoms with Gasteiger partial charge in [0.1, 0.15) is 11.6 Å². The number of benzene rings is 1. The molecule has 1 aromatic carbocycles. The van der Waals surface area contributed by atoms with Crippen molar-refractivity contribution in [2.75, 3.05) is 7.11 Å². The topological polar surface area (TPSA) is 85.3 Å². The monoisotopic (exact) mass is 294 g/mol. The Morgan fingerprint density at radius 3 is 2.60 bits per heavy atom. The largest absolute Gasteiger partial charge is 0.493 e. The number of rotatable bonds is 5. The van der Waals surface area contributed by atoms with E-state index >= 15 is 0 Å². The van der Waals surface area contributed by atoms with Crippen molar-refractivity contribution in [1.29, 1.82) is 5.26 Å². The molecule has 1 amide bonds. The Hall–Kier alpha value is -2.19. The Balaban J connectivity index is 3.30. The van der Waals surface area contributed by atoms with E-state index in [0.717, 1.165) is 0 Å². The summed E-state index contributed by atoms with van der Waals surface area (Å²) < 4.78 is 10.8. The number of nitrogens with zero attached hydrogens (tertiary/aromatic N) is 1. The molecule has 0 atom stereocenters. The zero-order chi connectivity index (χ0) is 15.3. The molecule has 2 N–H and O–H groups in total. The highest BCUT2D eigenvalue weighted by Gasteiger charge is 2.13. The quantitative estimate of drug-likeness (QED) is 0.668. The SMILES string of the molecule is COc1cc(C=C(C#N)C(N)=O)cc(Cl)c1OC(C)C. The maximum absolute atomic E-state index is 11.0. The summed E-state index contributed by atoms with van der Waals surface area (Å²) in [7, 11) is 1.48. The smallest absolute Gasteiger partial charge is 0.259 e. The van der Waals surface area contributed by atoms with Crippen LogP contribution in [0.25, 0.3) is 6.08 Å². The van der Waals surface area contributed by atoms with Crippen molar-refractivity contribution in [3.05, 3.63) is 28.3 Å². The van der Waals surface area contributed by atoms with E-state index in [1.54, 1.807) is 18.2 Å². The van der Waals surface area contributed by atoms with E-state index in [4.69, 9.17) is 32.1 Å². The zero-order valence-corrected chi connectivity index (χ0v) is 12.2. The van der Waals surface area contributed by atoms with Crippen molar-refractivity contribution in [3.63, 3.8) is 0 Å². The average Bonchev–Trinajstić information content (AvgIpc) is 2.37. The number of carbonyl (C=O) groups is 1. The lowest BCUT2D eigenvalue weighted by Gasteiger charge is -2.15. The molecular formula is C14H15ClN2O3. The maximum Gasteiger partial charge on any atom is 0.259 e. The lowest BCUT2D eigenvalue weighted by molar-refractivity contribution is -0.114. The Bertz CT molecular complexity index is 589. The van der Waals surface area contributed by atoms with Crippen molar-refractivity contribution in [1.82, 2.24) is 0 Å². The minimum absolute atomic E-state index is 0.0666. The van der Waals surface area contributed by atoms with Crippen LogP contribution in [0.15, 0.2) is 17.7 Å². The van der Waals surface area contributed by atoms with Crippen LogP contribution in [0.2, 0.25) is 5.02 Å².